The molecule has 8 heteroatoms. The van der Waals surface area contributed by atoms with E-state index in [1.54, 1.807) is 25.6 Å². The van der Waals surface area contributed by atoms with Crippen LogP contribution in [0.4, 0.5) is 5.13 Å². The van der Waals surface area contributed by atoms with E-state index in [4.69, 9.17) is 9.47 Å². The number of aromatic nitrogens is 1. The molecule has 1 atom stereocenters. The predicted octanol–water partition coefficient (Wildman–Crippen LogP) is 2.42. The summed E-state index contributed by atoms with van der Waals surface area (Å²) >= 11 is 1.67. The van der Waals surface area contributed by atoms with E-state index in [1.807, 2.05) is 36.7 Å². The molecule has 1 amide bonds. The Hall–Kier alpha value is -2.32. The first-order chi connectivity index (χ1) is 14.1. The van der Waals surface area contributed by atoms with Crippen LogP contribution in [0.1, 0.15) is 18.9 Å². The molecule has 1 unspecified atom stereocenters. The molecular formula is C21H30N4O3S. The number of rotatable bonds is 8. The van der Waals surface area contributed by atoms with Crippen molar-refractivity contribution in [1.82, 2.24) is 15.2 Å². The molecule has 1 saturated heterocycles. The van der Waals surface area contributed by atoms with E-state index in [-0.39, 0.29) is 11.9 Å². The van der Waals surface area contributed by atoms with Gasteiger partial charge in [0.15, 0.2) is 16.6 Å². The minimum Gasteiger partial charge on any atom is -0.493 e. The van der Waals surface area contributed by atoms with Crippen LogP contribution in [0.15, 0.2) is 29.8 Å². The van der Waals surface area contributed by atoms with Gasteiger partial charge >= 0.3 is 0 Å². The van der Waals surface area contributed by atoms with Gasteiger partial charge in [0, 0.05) is 44.3 Å². The second kappa shape index (κ2) is 10.5. The number of methoxy groups -OCH3 is 2. The van der Waals surface area contributed by atoms with E-state index >= 15 is 0 Å². The number of hydrogen-bond donors (Lipinski definition) is 1. The molecule has 0 saturated carbocycles. The van der Waals surface area contributed by atoms with Gasteiger partial charge < -0.3 is 19.7 Å². The standard InChI is InChI=1S/C21H30N4O3S/c1-16(24-10-4-11-25(13-12-24)21-23-9-14-29-21)20(26)22-8-7-17-5-6-18(27-2)19(15-17)28-3/h5-6,9,14-16H,4,7-8,10-13H2,1-3H3,(H,22,26). The number of carbonyl (C=O) groups is 1. The highest BCUT2D eigenvalue weighted by Crippen LogP contribution is 2.27. The molecular weight excluding hydrogens is 388 g/mol. The lowest BCUT2D eigenvalue weighted by atomic mass is 10.1. The maximum atomic E-state index is 12.7. The van der Waals surface area contributed by atoms with Gasteiger partial charge in [-0.1, -0.05) is 6.07 Å². The molecule has 1 aromatic heterocycles. The maximum Gasteiger partial charge on any atom is 0.237 e. The van der Waals surface area contributed by atoms with E-state index in [2.05, 4.69) is 20.1 Å². The monoisotopic (exact) mass is 418 g/mol. The SMILES string of the molecule is COc1ccc(CCNC(=O)C(C)N2CCCN(c3nccs3)CC2)cc1OC. The minimum atomic E-state index is -0.142. The lowest BCUT2D eigenvalue weighted by Gasteiger charge is -2.27. The molecule has 1 aromatic carbocycles. The summed E-state index contributed by atoms with van der Waals surface area (Å²) in [6, 6.07) is 5.70. The summed E-state index contributed by atoms with van der Waals surface area (Å²) in [6.07, 6.45) is 3.62. The number of benzene rings is 1. The number of amides is 1. The van der Waals surface area contributed by atoms with Crippen molar-refractivity contribution >= 4 is 22.4 Å². The van der Waals surface area contributed by atoms with Crippen LogP contribution in [-0.4, -0.2) is 68.8 Å². The highest BCUT2D eigenvalue weighted by Gasteiger charge is 2.24. The third-order valence-electron chi connectivity index (χ3n) is 5.31. The summed E-state index contributed by atoms with van der Waals surface area (Å²) < 4.78 is 10.6. The fourth-order valence-corrected chi connectivity index (χ4v) is 4.26. The van der Waals surface area contributed by atoms with Gasteiger partial charge in [-0.15, -0.1) is 11.3 Å². The second-order valence-electron chi connectivity index (χ2n) is 7.10. The van der Waals surface area contributed by atoms with Crippen LogP contribution in [0.3, 0.4) is 0 Å². The maximum absolute atomic E-state index is 12.7. The Labute approximate surface area is 176 Å². The van der Waals surface area contributed by atoms with E-state index in [1.165, 1.54) is 0 Å². The molecule has 158 valence electrons. The van der Waals surface area contributed by atoms with Crippen molar-refractivity contribution in [3.8, 4) is 11.5 Å². The lowest BCUT2D eigenvalue weighted by molar-refractivity contribution is -0.125. The lowest BCUT2D eigenvalue weighted by Crippen LogP contribution is -2.47. The van der Waals surface area contributed by atoms with Crippen LogP contribution in [-0.2, 0) is 11.2 Å². The molecule has 0 spiro atoms. The molecule has 29 heavy (non-hydrogen) atoms. The number of thiazole rings is 1. The highest BCUT2D eigenvalue weighted by molar-refractivity contribution is 7.13. The molecule has 7 nitrogen and oxygen atoms in total. The molecule has 1 N–H and O–H groups in total. The van der Waals surface area contributed by atoms with Crippen molar-refractivity contribution in [3.05, 3.63) is 35.3 Å². The zero-order chi connectivity index (χ0) is 20.6. The third kappa shape index (κ3) is 5.61. The third-order valence-corrected chi connectivity index (χ3v) is 6.14. The number of carbonyl (C=O) groups excluding carboxylic acids is 1. The Balaban J connectivity index is 1.46. The van der Waals surface area contributed by atoms with Crippen LogP contribution in [0.5, 0.6) is 11.5 Å². The molecule has 1 fully saturated rings. The molecule has 3 rings (SSSR count). The Morgan fingerprint density at radius 3 is 2.76 bits per heavy atom. The first-order valence-electron chi connectivity index (χ1n) is 9.99. The van der Waals surface area contributed by atoms with Crippen LogP contribution in [0, 0.1) is 0 Å². The van der Waals surface area contributed by atoms with Crippen LogP contribution < -0.4 is 19.7 Å². The zero-order valence-electron chi connectivity index (χ0n) is 17.4. The van der Waals surface area contributed by atoms with Gasteiger partial charge in [0.25, 0.3) is 0 Å². The first kappa shape index (κ1) is 21.4. The quantitative estimate of drug-likeness (QED) is 0.710. The van der Waals surface area contributed by atoms with Crippen LogP contribution >= 0.6 is 11.3 Å². The summed E-state index contributed by atoms with van der Waals surface area (Å²) in [6.45, 7) is 6.26. The van der Waals surface area contributed by atoms with Crippen molar-refractivity contribution < 1.29 is 14.3 Å². The first-order valence-corrected chi connectivity index (χ1v) is 10.9. The fourth-order valence-electron chi connectivity index (χ4n) is 3.57. The minimum absolute atomic E-state index is 0.0770. The summed E-state index contributed by atoms with van der Waals surface area (Å²) in [4.78, 5) is 21.6. The van der Waals surface area contributed by atoms with Crippen molar-refractivity contribution in [2.45, 2.75) is 25.8 Å². The summed E-state index contributed by atoms with van der Waals surface area (Å²) in [7, 11) is 3.25. The Bertz CT molecular complexity index is 784. The van der Waals surface area contributed by atoms with Crippen molar-refractivity contribution in [2.24, 2.45) is 0 Å². The van der Waals surface area contributed by atoms with Gasteiger partial charge in [-0.3, -0.25) is 9.69 Å². The average Bonchev–Trinajstić information content (AvgIpc) is 3.17. The fraction of sp³-hybridized carbons (Fsp3) is 0.524. The summed E-state index contributed by atoms with van der Waals surface area (Å²) in [5.41, 5.74) is 1.10. The number of anilines is 1. The summed E-state index contributed by atoms with van der Waals surface area (Å²) in [5, 5.41) is 6.15. The van der Waals surface area contributed by atoms with E-state index in [9.17, 15) is 4.79 Å². The Morgan fingerprint density at radius 1 is 1.21 bits per heavy atom. The van der Waals surface area contributed by atoms with Gasteiger partial charge in [0.05, 0.1) is 20.3 Å². The second-order valence-corrected chi connectivity index (χ2v) is 7.97. The van der Waals surface area contributed by atoms with Crippen LogP contribution in [0.2, 0.25) is 0 Å². The van der Waals surface area contributed by atoms with Gasteiger partial charge in [0.2, 0.25) is 5.91 Å². The van der Waals surface area contributed by atoms with Gasteiger partial charge in [-0.05, 0) is 37.5 Å². The predicted molar refractivity (Wildman–Crippen MR) is 116 cm³/mol. The van der Waals surface area contributed by atoms with Gasteiger partial charge in [-0.25, -0.2) is 4.98 Å². The van der Waals surface area contributed by atoms with Gasteiger partial charge in [-0.2, -0.15) is 0 Å². The van der Waals surface area contributed by atoms with Crippen molar-refractivity contribution in [2.75, 3.05) is 51.8 Å². The topological polar surface area (TPSA) is 66.9 Å². The molecule has 2 heterocycles. The van der Waals surface area contributed by atoms with E-state index < -0.39 is 0 Å². The number of nitrogens with one attached hydrogen (secondary N) is 1. The normalized spacial score (nSPS) is 16.2. The highest BCUT2D eigenvalue weighted by atomic mass is 32.1. The smallest absolute Gasteiger partial charge is 0.237 e. The molecule has 0 aliphatic carbocycles. The van der Waals surface area contributed by atoms with E-state index in [0.29, 0.717) is 18.0 Å². The van der Waals surface area contributed by atoms with Crippen LogP contribution in [0.25, 0.3) is 0 Å². The molecule has 1 aliphatic rings. The van der Waals surface area contributed by atoms with Gasteiger partial charge in [0.1, 0.15) is 0 Å². The zero-order valence-corrected chi connectivity index (χ0v) is 18.2. The number of nitrogens with zero attached hydrogens (tertiary/aromatic N) is 3. The Morgan fingerprint density at radius 2 is 2.03 bits per heavy atom. The van der Waals surface area contributed by atoms with E-state index in [0.717, 1.165) is 49.7 Å². The summed E-state index contributed by atoms with van der Waals surface area (Å²) in [5.74, 6) is 1.49. The van der Waals surface area contributed by atoms with Crippen molar-refractivity contribution in [3.63, 3.8) is 0 Å². The number of ether oxygens (including phenoxy) is 2. The Kier molecular flexibility index (Phi) is 7.71. The average molecular weight is 419 g/mol. The number of hydrogen-bond acceptors (Lipinski definition) is 7. The molecule has 1 aliphatic heterocycles. The molecule has 2 aromatic rings. The molecule has 0 radical (unpaired) electrons. The largest absolute Gasteiger partial charge is 0.493 e. The molecule has 0 bridgehead atoms. The van der Waals surface area contributed by atoms with Crippen molar-refractivity contribution in [1.29, 1.82) is 0 Å².